The van der Waals surface area contributed by atoms with E-state index in [9.17, 15) is 15.3 Å². The summed E-state index contributed by atoms with van der Waals surface area (Å²) in [4.78, 5) is 0. The third-order valence-electron chi connectivity index (χ3n) is 5.47. The molecule has 1 aromatic carbocycles. The summed E-state index contributed by atoms with van der Waals surface area (Å²) in [6, 6.07) is 3.40. The molecule has 0 amide bonds. The van der Waals surface area contributed by atoms with Crippen LogP contribution in [-0.2, 0) is 6.42 Å². The van der Waals surface area contributed by atoms with Crippen LogP contribution in [0.1, 0.15) is 70.4 Å². The summed E-state index contributed by atoms with van der Waals surface area (Å²) in [7, 11) is 0. The Hall–Kier alpha value is -1.52. The van der Waals surface area contributed by atoms with Crippen molar-refractivity contribution in [1.29, 1.82) is 0 Å². The quantitative estimate of drug-likeness (QED) is 0.463. The molecule has 1 aliphatic rings. The molecule has 2 rings (SSSR count). The molecule has 0 radical (unpaired) electrons. The van der Waals surface area contributed by atoms with Crippen LogP contribution in [0.15, 0.2) is 23.8 Å². The molecule has 4 nitrogen and oxygen atoms in total. The summed E-state index contributed by atoms with van der Waals surface area (Å²) in [6.07, 6.45) is 6.76. The van der Waals surface area contributed by atoms with E-state index in [4.69, 9.17) is 5.73 Å². The lowest BCUT2D eigenvalue weighted by atomic mass is 9.68. The van der Waals surface area contributed by atoms with Gasteiger partial charge in [0.2, 0.25) is 0 Å². The van der Waals surface area contributed by atoms with Gasteiger partial charge < -0.3 is 21.1 Å². The molecule has 0 saturated carbocycles. The highest BCUT2D eigenvalue weighted by atomic mass is 16.3. The Bertz CT molecular complexity index is 608. The molecule has 3 atom stereocenters. The summed E-state index contributed by atoms with van der Waals surface area (Å²) in [5.74, 6) is -0.228. The van der Waals surface area contributed by atoms with Gasteiger partial charge in [0.1, 0.15) is 11.5 Å². The molecular formula is C21H33NO3. The maximum absolute atomic E-state index is 10.6. The van der Waals surface area contributed by atoms with E-state index >= 15 is 0 Å². The molecule has 5 N–H and O–H groups in total. The predicted octanol–water partition coefficient (Wildman–Crippen LogP) is 3.98. The Labute approximate surface area is 151 Å². The number of aromatic hydroxyl groups is 2. The number of aryl methyl sites for hydroxylation is 1. The van der Waals surface area contributed by atoms with Gasteiger partial charge in [-0.3, -0.25) is 0 Å². The molecule has 0 aliphatic heterocycles. The third kappa shape index (κ3) is 4.56. The number of nitrogens with two attached hydrogens (primary N) is 1. The minimum absolute atomic E-state index is 0.102. The van der Waals surface area contributed by atoms with Crippen molar-refractivity contribution in [2.75, 3.05) is 0 Å². The maximum Gasteiger partial charge on any atom is 0.123 e. The molecule has 4 heteroatoms. The van der Waals surface area contributed by atoms with Gasteiger partial charge in [-0.1, -0.05) is 31.4 Å². The Balaban J connectivity index is 2.40. The van der Waals surface area contributed by atoms with E-state index in [1.807, 2.05) is 13.0 Å². The summed E-state index contributed by atoms with van der Waals surface area (Å²) >= 11 is 0. The highest BCUT2D eigenvalue weighted by Gasteiger charge is 2.40. The number of hydrogen-bond acceptors (Lipinski definition) is 4. The van der Waals surface area contributed by atoms with Crippen molar-refractivity contribution in [2.24, 2.45) is 11.7 Å². The number of hydrogen-bond donors (Lipinski definition) is 4. The largest absolute Gasteiger partial charge is 0.507 e. The van der Waals surface area contributed by atoms with Crippen molar-refractivity contribution in [3.8, 4) is 11.5 Å². The van der Waals surface area contributed by atoms with Gasteiger partial charge in [-0.15, -0.1) is 0 Å². The summed E-state index contributed by atoms with van der Waals surface area (Å²) < 4.78 is 0. The lowest BCUT2D eigenvalue weighted by molar-refractivity contribution is 0.00210. The number of allylic oxidation sites excluding steroid dienone is 1. The van der Waals surface area contributed by atoms with Crippen LogP contribution in [0.3, 0.4) is 0 Å². The minimum atomic E-state index is -0.960. The molecular weight excluding hydrogens is 314 g/mol. The van der Waals surface area contributed by atoms with Crippen LogP contribution in [-0.4, -0.2) is 27.0 Å². The summed E-state index contributed by atoms with van der Waals surface area (Å²) in [6.45, 7) is 7.64. The molecule has 3 unspecified atom stereocenters. The number of benzene rings is 1. The fourth-order valence-electron chi connectivity index (χ4n) is 3.89. The fraction of sp³-hybridized carbons (Fsp3) is 0.619. The van der Waals surface area contributed by atoms with Crippen LogP contribution in [0.2, 0.25) is 0 Å². The minimum Gasteiger partial charge on any atom is -0.507 e. The standard InChI is InChI=1S/C21H33NO3/c1-5-6-7-8-14-10-18(23)20(19(24)11-14)15-9-13(2)17(22)12-16(15)21(3,4)25/h9-11,15-17,23-25H,5-8,12,22H2,1-4H3. The first kappa shape index (κ1) is 19.8. The number of unbranched alkanes of at least 4 members (excludes halogenated alkanes) is 2. The van der Waals surface area contributed by atoms with E-state index in [-0.39, 0.29) is 29.4 Å². The van der Waals surface area contributed by atoms with Crippen molar-refractivity contribution in [3.63, 3.8) is 0 Å². The zero-order valence-electron chi connectivity index (χ0n) is 15.9. The predicted molar refractivity (Wildman–Crippen MR) is 102 cm³/mol. The van der Waals surface area contributed by atoms with E-state index in [1.165, 1.54) is 0 Å². The Morgan fingerprint density at radius 1 is 1.16 bits per heavy atom. The molecule has 25 heavy (non-hydrogen) atoms. The second kappa shape index (κ2) is 7.79. The number of aliphatic hydroxyl groups is 1. The van der Waals surface area contributed by atoms with Gasteiger partial charge in [-0.25, -0.2) is 0 Å². The van der Waals surface area contributed by atoms with E-state index in [0.717, 1.165) is 36.8 Å². The lowest BCUT2D eigenvalue weighted by Crippen LogP contribution is -2.42. The van der Waals surface area contributed by atoms with Crippen LogP contribution in [0.4, 0.5) is 0 Å². The first-order valence-corrected chi connectivity index (χ1v) is 9.36. The van der Waals surface area contributed by atoms with Crippen molar-refractivity contribution >= 4 is 0 Å². The van der Waals surface area contributed by atoms with E-state index in [1.54, 1.807) is 26.0 Å². The van der Waals surface area contributed by atoms with Crippen molar-refractivity contribution in [1.82, 2.24) is 0 Å². The van der Waals surface area contributed by atoms with Gasteiger partial charge in [0.05, 0.1) is 5.60 Å². The summed E-state index contributed by atoms with van der Waals surface area (Å²) in [5.41, 5.74) is 7.68. The van der Waals surface area contributed by atoms with Crippen LogP contribution in [0.25, 0.3) is 0 Å². The van der Waals surface area contributed by atoms with E-state index in [0.29, 0.717) is 12.0 Å². The maximum atomic E-state index is 10.6. The molecule has 140 valence electrons. The molecule has 0 saturated heterocycles. The zero-order chi connectivity index (χ0) is 18.8. The molecule has 0 heterocycles. The van der Waals surface area contributed by atoms with Crippen molar-refractivity contribution < 1.29 is 15.3 Å². The average Bonchev–Trinajstić information content (AvgIpc) is 2.49. The Morgan fingerprint density at radius 2 is 1.76 bits per heavy atom. The second-order valence-corrected chi connectivity index (χ2v) is 8.04. The van der Waals surface area contributed by atoms with Crippen molar-refractivity contribution in [2.45, 2.75) is 77.4 Å². The van der Waals surface area contributed by atoms with Gasteiger partial charge >= 0.3 is 0 Å². The van der Waals surface area contributed by atoms with Crippen LogP contribution in [0.5, 0.6) is 11.5 Å². The highest BCUT2D eigenvalue weighted by Crippen LogP contribution is 2.47. The zero-order valence-corrected chi connectivity index (χ0v) is 15.9. The average molecular weight is 347 g/mol. The first-order valence-electron chi connectivity index (χ1n) is 9.36. The molecule has 0 aromatic heterocycles. The second-order valence-electron chi connectivity index (χ2n) is 8.04. The first-order chi connectivity index (χ1) is 11.6. The van der Waals surface area contributed by atoms with Crippen LogP contribution < -0.4 is 5.73 Å². The molecule has 0 spiro atoms. The smallest absolute Gasteiger partial charge is 0.123 e. The Kier molecular flexibility index (Phi) is 6.17. The van der Waals surface area contributed by atoms with Crippen LogP contribution in [0, 0.1) is 5.92 Å². The molecule has 0 fully saturated rings. The lowest BCUT2D eigenvalue weighted by Gasteiger charge is -2.40. The third-order valence-corrected chi connectivity index (χ3v) is 5.47. The fourth-order valence-corrected chi connectivity index (χ4v) is 3.89. The van der Waals surface area contributed by atoms with Crippen molar-refractivity contribution in [3.05, 3.63) is 34.9 Å². The summed E-state index contributed by atoms with van der Waals surface area (Å²) in [5, 5.41) is 31.8. The van der Waals surface area contributed by atoms with Gasteiger partial charge in [-0.05, 0) is 63.6 Å². The van der Waals surface area contributed by atoms with E-state index in [2.05, 4.69) is 6.92 Å². The van der Waals surface area contributed by atoms with Gasteiger partial charge in [0.15, 0.2) is 0 Å². The number of rotatable bonds is 6. The number of phenols is 2. The normalized spacial score (nSPS) is 24.2. The SMILES string of the molecule is CCCCCc1cc(O)c(C2C=C(C)C(N)CC2C(C)(C)O)c(O)c1. The Morgan fingerprint density at radius 3 is 2.28 bits per heavy atom. The van der Waals surface area contributed by atoms with Crippen LogP contribution >= 0.6 is 0 Å². The highest BCUT2D eigenvalue weighted by molar-refractivity contribution is 5.51. The topological polar surface area (TPSA) is 86.7 Å². The van der Waals surface area contributed by atoms with Gasteiger partial charge in [0, 0.05) is 17.5 Å². The molecule has 1 aliphatic carbocycles. The number of phenolic OH excluding ortho intramolecular Hbond substituents is 2. The monoisotopic (exact) mass is 347 g/mol. The van der Waals surface area contributed by atoms with Gasteiger partial charge in [-0.2, -0.15) is 0 Å². The van der Waals surface area contributed by atoms with Gasteiger partial charge in [0.25, 0.3) is 0 Å². The van der Waals surface area contributed by atoms with E-state index < -0.39 is 5.60 Å². The molecule has 0 bridgehead atoms. The molecule has 1 aromatic rings.